The monoisotopic (exact) mass is 641 g/mol. The number of hydrogen-bond donors (Lipinski definition) is 2. The Hall–Kier alpha value is -4.74. The van der Waals surface area contributed by atoms with Crippen LogP contribution in [0.1, 0.15) is 54.0 Å². The standard InChI is InChI=1S/C33H35NO10.ClH/c1-32(2,19-41-28(37)22-11-7-5-8-12-22)30(39)43-25-16-15-21(17-24(34)27(35)36)18-26(25)44-31(40)33(3,4)20-42-29(38)23-13-9-6-10-14-23;/h5-16,18,24H,17,19-20,34H2,1-4H3,(H,35,36);1H/t24-;/m0./s1. The molecule has 3 aromatic carbocycles. The summed E-state index contributed by atoms with van der Waals surface area (Å²) in [6.45, 7) is 5.42. The van der Waals surface area contributed by atoms with Crippen molar-refractivity contribution in [1.82, 2.24) is 0 Å². The number of carbonyl (C=O) groups excluding carboxylic acids is 4. The molecule has 0 aromatic heterocycles. The van der Waals surface area contributed by atoms with Crippen molar-refractivity contribution in [3.8, 4) is 11.5 Å². The lowest BCUT2D eigenvalue weighted by atomic mass is 9.95. The van der Waals surface area contributed by atoms with Gasteiger partial charge in [-0.15, -0.1) is 12.4 Å². The summed E-state index contributed by atoms with van der Waals surface area (Å²) in [5.41, 5.74) is 4.07. The van der Waals surface area contributed by atoms with E-state index in [9.17, 15) is 29.1 Å². The van der Waals surface area contributed by atoms with Crippen LogP contribution in [-0.2, 0) is 30.3 Å². The smallest absolute Gasteiger partial charge is 0.338 e. The predicted molar refractivity (Wildman–Crippen MR) is 165 cm³/mol. The van der Waals surface area contributed by atoms with Gasteiger partial charge in [-0.05, 0) is 76.1 Å². The third-order valence-corrected chi connectivity index (χ3v) is 6.44. The lowest BCUT2D eigenvalue weighted by Crippen LogP contribution is -2.36. The number of ether oxygens (including phenoxy) is 4. The van der Waals surface area contributed by atoms with Crippen LogP contribution in [-0.4, -0.2) is 54.2 Å². The molecule has 3 aromatic rings. The number of carbonyl (C=O) groups is 5. The fourth-order valence-corrected chi connectivity index (χ4v) is 3.59. The van der Waals surface area contributed by atoms with Gasteiger partial charge in [0, 0.05) is 0 Å². The lowest BCUT2D eigenvalue weighted by molar-refractivity contribution is -0.149. The summed E-state index contributed by atoms with van der Waals surface area (Å²) in [6.07, 6.45) is -0.104. The molecule has 3 N–H and O–H groups in total. The van der Waals surface area contributed by atoms with Crippen molar-refractivity contribution in [1.29, 1.82) is 0 Å². The zero-order valence-corrected chi connectivity index (χ0v) is 26.1. The average molecular weight is 642 g/mol. The predicted octanol–water partition coefficient (Wildman–Crippen LogP) is 4.64. The van der Waals surface area contributed by atoms with Crippen LogP contribution in [0.4, 0.5) is 0 Å². The highest BCUT2D eigenvalue weighted by Crippen LogP contribution is 2.33. The molecule has 0 fully saturated rings. The number of hydrogen-bond acceptors (Lipinski definition) is 10. The molecule has 0 aliphatic heterocycles. The maximum atomic E-state index is 13.2. The largest absolute Gasteiger partial charge is 0.480 e. The van der Waals surface area contributed by atoms with Crippen LogP contribution in [0.25, 0.3) is 0 Å². The van der Waals surface area contributed by atoms with Crippen LogP contribution in [0.2, 0.25) is 0 Å². The number of carboxylic acids is 1. The molecule has 0 saturated carbocycles. The summed E-state index contributed by atoms with van der Waals surface area (Å²) in [7, 11) is 0. The van der Waals surface area contributed by atoms with E-state index in [0.29, 0.717) is 16.7 Å². The van der Waals surface area contributed by atoms with Gasteiger partial charge in [-0.25, -0.2) is 9.59 Å². The Morgan fingerprint density at radius 2 is 1.11 bits per heavy atom. The Morgan fingerprint density at radius 1 is 0.689 bits per heavy atom. The number of aliphatic carboxylic acids is 1. The fraction of sp³-hybridized carbons (Fsp3) is 0.303. The van der Waals surface area contributed by atoms with E-state index in [1.807, 2.05) is 0 Å². The highest BCUT2D eigenvalue weighted by molar-refractivity contribution is 5.90. The highest BCUT2D eigenvalue weighted by Gasteiger charge is 2.35. The number of benzene rings is 3. The van der Waals surface area contributed by atoms with Crippen LogP contribution in [0.3, 0.4) is 0 Å². The number of halogens is 1. The quantitative estimate of drug-likeness (QED) is 0.197. The van der Waals surface area contributed by atoms with Gasteiger partial charge in [0.25, 0.3) is 0 Å². The maximum Gasteiger partial charge on any atom is 0.338 e. The summed E-state index contributed by atoms with van der Waals surface area (Å²) < 4.78 is 21.8. The van der Waals surface area contributed by atoms with Gasteiger partial charge in [-0.3, -0.25) is 14.4 Å². The van der Waals surface area contributed by atoms with E-state index in [0.717, 1.165) is 0 Å². The van der Waals surface area contributed by atoms with Crippen molar-refractivity contribution in [2.24, 2.45) is 16.6 Å². The van der Waals surface area contributed by atoms with Crippen LogP contribution < -0.4 is 15.2 Å². The molecule has 0 amide bonds. The van der Waals surface area contributed by atoms with Crippen molar-refractivity contribution in [3.05, 3.63) is 95.6 Å². The van der Waals surface area contributed by atoms with Gasteiger partial charge in [0.05, 0.1) is 22.0 Å². The minimum Gasteiger partial charge on any atom is -0.480 e. The Bertz CT molecular complexity index is 1510. The van der Waals surface area contributed by atoms with Crippen molar-refractivity contribution in [2.75, 3.05) is 13.2 Å². The van der Waals surface area contributed by atoms with Gasteiger partial charge in [-0.2, -0.15) is 0 Å². The number of nitrogens with two attached hydrogens (primary N) is 1. The molecule has 45 heavy (non-hydrogen) atoms. The van der Waals surface area contributed by atoms with Gasteiger partial charge in [0.1, 0.15) is 19.3 Å². The van der Waals surface area contributed by atoms with E-state index in [1.165, 1.54) is 45.9 Å². The number of carboxylic acid groups (broad SMARTS) is 1. The highest BCUT2D eigenvalue weighted by atomic mass is 35.5. The van der Waals surface area contributed by atoms with Gasteiger partial charge in [0.2, 0.25) is 0 Å². The van der Waals surface area contributed by atoms with Crippen LogP contribution in [0, 0.1) is 10.8 Å². The van der Waals surface area contributed by atoms with Gasteiger partial charge in [-0.1, -0.05) is 42.5 Å². The molecule has 0 heterocycles. The molecule has 0 bridgehead atoms. The number of esters is 4. The molecule has 0 spiro atoms. The van der Waals surface area contributed by atoms with Crippen LogP contribution in [0.15, 0.2) is 78.9 Å². The van der Waals surface area contributed by atoms with E-state index in [-0.39, 0.29) is 43.5 Å². The summed E-state index contributed by atoms with van der Waals surface area (Å²) in [5, 5.41) is 9.22. The van der Waals surface area contributed by atoms with Gasteiger partial charge < -0.3 is 29.8 Å². The SMILES string of the molecule is CC(C)(COC(=O)c1ccccc1)C(=O)Oc1ccc(C[C@H](N)C(=O)O)cc1OC(=O)C(C)(C)COC(=O)c1ccccc1.Cl. The summed E-state index contributed by atoms with van der Waals surface area (Å²) >= 11 is 0. The summed E-state index contributed by atoms with van der Waals surface area (Å²) in [5.74, 6) is -4.40. The minimum absolute atomic E-state index is 0. The lowest BCUT2D eigenvalue weighted by Gasteiger charge is -2.25. The molecular formula is C33H36ClNO10. The first-order chi connectivity index (χ1) is 20.7. The molecule has 0 unspecified atom stereocenters. The minimum atomic E-state index is -1.33. The molecule has 0 saturated heterocycles. The third-order valence-electron chi connectivity index (χ3n) is 6.44. The second kappa shape index (κ2) is 15.8. The Balaban J connectivity index is 0.00000705. The van der Waals surface area contributed by atoms with Gasteiger partial charge in [0.15, 0.2) is 11.5 Å². The van der Waals surface area contributed by atoms with E-state index in [4.69, 9.17) is 24.7 Å². The maximum absolute atomic E-state index is 13.2. The third kappa shape index (κ3) is 10.4. The summed E-state index contributed by atoms with van der Waals surface area (Å²) in [4.78, 5) is 62.5. The molecule has 0 aliphatic carbocycles. The zero-order chi connectivity index (χ0) is 32.5. The zero-order valence-electron chi connectivity index (χ0n) is 25.3. The summed E-state index contributed by atoms with van der Waals surface area (Å²) in [6, 6.07) is 19.5. The van der Waals surface area contributed by atoms with Crippen molar-refractivity contribution < 1.29 is 48.0 Å². The first kappa shape index (κ1) is 36.5. The van der Waals surface area contributed by atoms with Crippen LogP contribution in [0.5, 0.6) is 11.5 Å². The molecule has 240 valence electrons. The first-order valence-electron chi connectivity index (χ1n) is 13.7. The van der Waals surface area contributed by atoms with Crippen molar-refractivity contribution >= 4 is 42.3 Å². The van der Waals surface area contributed by atoms with Crippen molar-refractivity contribution in [2.45, 2.75) is 40.2 Å². The van der Waals surface area contributed by atoms with Crippen molar-refractivity contribution in [3.63, 3.8) is 0 Å². The number of rotatable bonds is 13. The Morgan fingerprint density at radius 3 is 1.53 bits per heavy atom. The van der Waals surface area contributed by atoms with E-state index < -0.39 is 46.7 Å². The first-order valence-corrected chi connectivity index (χ1v) is 13.7. The van der Waals surface area contributed by atoms with Gasteiger partial charge >= 0.3 is 29.8 Å². The molecule has 0 aliphatic rings. The molecule has 12 heteroatoms. The van der Waals surface area contributed by atoms with E-state index in [1.54, 1.807) is 60.7 Å². The van der Waals surface area contributed by atoms with E-state index in [2.05, 4.69) is 0 Å². The second-order valence-electron chi connectivity index (χ2n) is 11.4. The Labute approximate surface area is 267 Å². The van der Waals surface area contributed by atoms with E-state index >= 15 is 0 Å². The average Bonchev–Trinajstić information content (AvgIpc) is 3.00. The molecular weight excluding hydrogens is 606 g/mol. The molecule has 11 nitrogen and oxygen atoms in total. The second-order valence-corrected chi connectivity index (χ2v) is 11.4. The molecule has 1 atom stereocenters. The molecule has 0 radical (unpaired) electrons. The van der Waals surface area contributed by atoms with Crippen LogP contribution >= 0.6 is 12.4 Å². The normalized spacial score (nSPS) is 11.8. The topological polar surface area (TPSA) is 169 Å². The molecule has 3 rings (SSSR count). The fourth-order valence-electron chi connectivity index (χ4n) is 3.59. The Kier molecular flexibility index (Phi) is 12.8.